The fraction of sp³-hybridized carbons (Fsp3) is 0.500. The molecule has 0 aliphatic carbocycles. The third kappa shape index (κ3) is 3.37. The molecule has 1 fully saturated rings. The molecule has 2 rings (SSSR count). The molecule has 0 bridgehead atoms. The van der Waals surface area contributed by atoms with Crippen LogP contribution in [0.3, 0.4) is 0 Å². The van der Waals surface area contributed by atoms with E-state index in [0.29, 0.717) is 19.7 Å². The van der Waals surface area contributed by atoms with Crippen LogP contribution in [-0.2, 0) is 16.1 Å². The van der Waals surface area contributed by atoms with Crippen molar-refractivity contribution >= 4 is 21.9 Å². The van der Waals surface area contributed by atoms with Crippen molar-refractivity contribution in [3.05, 3.63) is 34.1 Å². The quantitative estimate of drug-likeness (QED) is 0.890. The standard InChI is InChI=1S/C14H17BrFNO3/c1-2-17(13-8-20-7-11(13)14(18)19)6-9-5-10(16)3-4-12(9)15/h3-5,11,13H,2,6-8H2,1H3,(H,18,19). The zero-order valence-corrected chi connectivity index (χ0v) is 12.8. The molecule has 1 heterocycles. The lowest BCUT2D eigenvalue weighted by atomic mass is 10.0. The van der Waals surface area contributed by atoms with E-state index in [1.54, 1.807) is 6.07 Å². The van der Waals surface area contributed by atoms with E-state index in [1.807, 2.05) is 11.8 Å². The molecule has 0 amide bonds. The highest BCUT2D eigenvalue weighted by Crippen LogP contribution is 2.25. The largest absolute Gasteiger partial charge is 0.481 e. The summed E-state index contributed by atoms with van der Waals surface area (Å²) in [5.41, 5.74) is 0.808. The zero-order valence-electron chi connectivity index (χ0n) is 11.2. The Labute approximate surface area is 125 Å². The lowest BCUT2D eigenvalue weighted by Gasteiger charge is -2.29. The van der Waals surface area contributed by atoms with Gasteiger partial charge in [0.05, 0.1) is 19.1 Å². The molecule has 0 saturated carbocycles. The Bertz CT molecular complexity index is 497. The molecular formula is C14H17BrFNO3. The number of benzene rings is 1. The van der Waals surface area contributed by atoms with E-state index < -0.39 is 11.9 Å². The Morgan fingerprint density at radius 3 is 2.95 bits per heavy atom. The van der Waals surface area contributed by atoms with Gasteiger partial charge in [-0.1, -0.05) is 22.9 Å². The van der Waals surface area contributed by atoms with E-state index in [-0.39, 0.29) is 18.5 Å². The van der Waals surface area contributed by atoms with Crippen molar-refractivity contribution in [1.82, 2.24) is 4.90 Å². The maximum absolute atomic E-state index is 13.3. The normalized spacial score (nSPS) is 22.4. The van der Waals surface area contributed by atoms with E-state index in [9.17, 15) is 14.3 Å². The van der Waals surface area contributed by atoms with Gasteiger partial charge in [0.15, 0.2) is 0 Å². The second-order valence-corrected chi connectivity index (χ2v) is 5.70. The number of halogens is 2. The summed E-state index contributed by atoms with van der Waals surface area (Å²) >= 11 is 3.40. The highest BCUT2D eigenvalue weighted by atomic mass is 79.9. The maximum atomic E-state index is 13.3. The van der Waals surface area contributed by atoms with Gasteiger partial charge < -0.3 is 9.84 Å². The van der Waals surface area contributed by atoms with Crippen LogP contribution in [0.5, 0.6) is 0 Å². The van der Waals surface area contributed by atoms with Crippen molar-refractivity contribution in [2.75, 3.05) is 19.8 Å². The van der Waals surface area contributed by atoms with Crippen LogP contribution in [0.25, 0.3) is 0 Å². The van der Waals surface area contributed by atoms with Gasteiger partial charge in [0, 0.05) is 17.1 Å². The molecule has 1 N–H and O–H groups in total. The topological polar surface area (TPSA) is 49.8 Å². The minimum absolute atomic E-state index is 0.173. The van der Waals surface area contributed by atoms with Gasteiger partial charge in [0.25, 0.3) is 0 Å². The average Bonchev–Trinajstić information content (AvgIpc) is 2.89. The van der Waals surface area contributed by atoms with Gasteiger partial charge in [-0.05, 0) is 30.3 Å². The van der Waals surface area contributed by atoms with Crippen LogP contribution in [0.15, 0.2) is 22.7 Å². The summed E-state index contributed by atoms with van der Waals surface area (Å²) in [5.74, 6) is -1.66. The minimum Gasteiger partial charge on any atom is -0.481 e. The second kappa shape index (κ2) is 6.65. The van der Waals surface area contributed by atoms with Gasteiger partial charge in [-0.3, -0.25) is 9.69 Å². The molecule has 1 aromatic carbocycles. The van der Waals surface area contributed by atoms with Gasteiger partial charge in [-0.25, -0.2) is 4.39 Å². The first-order valence-electron chi connectivity index (χ1n) is 6.51. The van der Waals surface area contributed by atoms with E-state index in [2.05, 4.69) is 15.9 Å². The number of ether oxygens (including phenoxy) is 1. The molecule has 0 aromatic heterocycles. The number of carboxylic acids is 1. The maximum Gasteiger partial charge on any atom is 0.310 e. The Kier molecular flexibility index (Phi) is 5.12. The van der Waals surface area contributed by atoms with E-state index in [4.69, 9.17) is 4.74 Å². The number of carboxylic acid groups (broad SMARTS) is 1. The monoisotopic (exact) mass is 345 g/mol. The summed E-state index contributed by atoms with van der Waals surface area (Å²) < 4.78 is 19.4. The molecule has 20 heavy (non-hydrogen) atoms. The molecule has 0 spiro atoms. The number of aliphatic carboxylic acids is 1. The predicted octanol–water partition coefficient (Wildman–Crippen LogP) is 2.51. The molecule has 1 aromatic rings. The minimum atomic E-state index is -0.843. The molecule has 6 heteroatoms. The van der Waals surface area contributed by atoms with E-state index in [0.717, 1.165) is 10.0 Å². The Hall–Kier alpha value is -0.980. The summed E-state index contributed by atoms with van der Waals surface area (Å²) in [6, 6.07) is 4.35. The number of hydrogen-bond acceptors (Lipinski definition) is 3. The van der Waals surface area contributed by atoms with Crippen LogP contribution in [0.2, 0.25) is 0 Å². The summed E-state index contributed by atoms with van der Waals surface area (Å²) in [5, 5.41) is 9.22. The predicted molar refractivity (Wildman–Crippen MR) is 75.9 cm³/mol. The van der Waals surface area contributed by atoms with Crippen molar-refractivity contribution in [1.29, 1.82) is 0 Å². The van der Waals surface area contributed by atoms with Crippen molar-refractivity contribution in [3.8, 4) is 0 Å². The van der Waals surface area contributed by atoms with Crippen LogP contribution >= 0.6 is 15.9 Å². The number of likely N-dealkylation sites (N-methyl/N-ethyl adjacent to an activating group) is 1. The fourth-order valence-corrected chi connectivity index (χ4v) is 2.86. The van der Waals surface area contributed by atoms with Gasteiger partial charge in [0.2, 0.25) is 0 Å². The Morgan fingerprint density at radius 2 is 2.30 bits per heavy atom. The molecular weight excluding hydrogens is 329 g/mol. The lowest BCUT2D eigenvalue weighted by Crippen LogP contribution is -2.42. The average molecular weight is 346 g/mol. The summed E-state index contributed by atoms with van der Waals surface area (Å²) in [4.78, 5) is 13.2. The molecule has 0 radical (unpaired) electrons. The van der Waals surface area contributed by atoms with Crippen LogP contribution in [0, 0.1) is 11.7 Å². The number of nitrogens with zero attached hydrogens (tertiary/aromatic N) is 1. The van der Waals surface area contributed by atoms with Crippen molar-refractivity contribution < 1.29 is 19.0 Å². The van der Waals surface area contributed by atoms with Crippen molar-refractivity contribution in [2.24, 2.45) is 5.92 Å². The summed E-state index contributed by atoms with van der Waals surface area (Å²) in [6.45, 7) is 3.77. The number of carbonyl (C=O) groups is 1. The first-order chi connectivity index (χ1) is 9.52. The molecule has 110 valence electrons. The number of hydrogen-bond donors (Lipinski definition) is 1. The molecule has 1 saturated heterocycles. The van der Waals surface area contributed by atoms with Crippen LogP contribution in [0.4, 0.5) is 4.39 Å². The highest BCUT2D eigenvalue weighted by molar-refractivity contribution is 9.10. The fourth-order valence-electron chi connectivity index (χ4n) is 2.49. The first kappa shape index (κ1) is 15.4. The van der Waals surface area contributed by atoms with Crippen molar-refractivity contribution in [2.45, 2.75) is 19.5 Å². The van der Waals surface area contributed by atoms with Crippen LogP contribution in [0.1, 0.15) is 12.5 Å². The second-order valence-electron chi connectivity index (χ2n) is 4.85. The smallest absolute Gasteiger partial charge is 0.310 e. The molecule has 2 unspecified atom stereocenters. The molecule has 2 atom stereocenters. The zero-order chi connectivity index (χ0) is 14.7. The Morgan fingerprint density at radius 1 is 1.55 bits per heavy atom. The summed E-state index contributed by atoms with van der Waals surface area (Å²) in [7, 11) is 0. The summed E-state index contributed by atoms with van der Waals surface area (Å²) in [6.07, 6.45) is 0. The molecule has 4 nitrogen and oxygen atoms in total. The molecule has 1 aliphatic heterocycles. The SMILES string of the molecule is CCN(Cc1cc(F)ccc1Br)C1COCC1C(=O)O. The van der Waals surface area contributed by atoms with Gasteiger partial charge in [-0.2, -0.15) is 0 Å². The third-order valence-corrected chi connectivity index (χ3v) is 4.40. The van der Waals surface area contributed by atoms with Crippen molar-refractivity contribution in [3.63, 3.8) is 0 Å². The lowest BCUT2D eigenvalue weighted by molar-refractivity contribution is -0.143. The highest BCUT2D eigenvalue weighted by Gasteiger charge is 2.37. The first-order valence-corrected chi connectivity index (χ1v) is 7.30. The van der Waals surface area contributed by atoms with Gasteiger partial charge >= 0.3 is 5.97 Å². The van der Waals surface area contributed by atoms with Crippen LogP contribution in [-0.4, -0.2) is 41.8 Å². The van der Waals surface area contributed by atoms with Crippen LogP contribution < -0.4 is 0 Å². The third-order valence-electron chi connectivity index (χ3n) is 3.62. The van der Waals surface area contributed by atoms with E-state index in [1.165, 1.54) is 12.1 Å². The number of rotatable bonds is 5. The van der Waals surface area contributed by atoms with Gasteiger partial charge in [0.1, 0.15) is 5.82 Å². The van der Waals surface area contributed by atoms with E-state index >= 15 is 0 Å². The van der Waals surface area contributed by atoms with Gasteiger partial charge in [-0.15, -0.1) is 0 Å². The Balaban J connectivity index is 2.16. The molecule has 1 aliphatic rings.